The van der Waals surface area contributed by atoms with Gasteiger partial charge in [0.25, 0.3) is 5.91 Å². The number of amides is 1. The van der Waals surface area contributed by atoms with Crippen molar-refractivity contribution in [3.8, 4) is 0 Å². The second-order valence-corrected chi connectivity index (χ2v) is 8.32. The van der Waals surface area contributed by atoms with E-state index in [4.69, 9.17) is 0 Å². The van der Waals surface area contributed by atoms with Crippen molar-refractivity contribution in [3.63, 3.8) is 0 Å². The maximum atomic E-state index is 13.0. The number of halogens is 1. The Morgan fingerprint density at radius 2 is 1.62 bits per heavy atom. The Morgan fingerprint density at radius 1 is 1.04 bits per heavy atom. The molecule has 0 saturated carbocycles. The molecule has 0 bridgehead atoms. The fraction of sp³-hybridized carbons (Fsp3) is 0.316. The molecule has 1 heterocycles. The molecule has 7 heteroatoms. The van der Waals surface area contributed by atoms with Gasteiger partial charge in [-0.05, 0) is 61.7 Å². The van der Waals surface area contributed by atoms with Gasteiger partial charge in [-0.2, -0.15) is 4.31 Å². The van der Waals surface area contributed by atoms with E-state index in [1.54, 1.807) is 19.1 Å². The predicted molar refractivity (Wildman–Crippen MR) is 96.7 cm³/mol. The first-order chi connectivity index (χ1) is 12.4. The summed E-state index contributed by atoms with van der Waals surface area (Å²) in [4.78, 5) is 12.6. The molecular weight excluding hydrogens is 355 g/mol. The van der Waals surface area contributed by atoms with Gasteiger partial charge in [0.05, 0.1) is 10.9 Å². The fourth-order valence-corrected chi connectivity index (χ4v) is 4.49. The number of hydrogen-bond donors (Lipinski definition) is 1. The summed E-state index contributed by atoms with van der Waals surface area (Å²) in [5.74, 6) is -0.644. The van der Waals surface area contributed by atoms with Gasteiger partial charge in [-0.15, -0.1) is 0 Å². The van der Waals surface area contributed by atoms with Gasteiger partial charge < -0.3 is 5.32 Å². The standard InChI is InChI=1S/C19H21FN2O3S/c1-14(15-4-8-17(20)9-5-15)21-19(23)16-6-10-18(11-7-16)26(24,25)22-12-2-3-13-22/h4-11,14H,2-3,12-13H2,1H3,(H,21,23)/t14-/m0/s1. The van der Waals surface area contributed by atoms with E-state index in [0.29, 0.717) is 18.7 Å². The quantitative estimate of drug-likeness (QED) is 0.872. The molecule has 1 N–H and O–H groups in total. The summed E-state index contributed by atoms with van der Waals surface area (Å²) in [6.45, 7) is 2.89. The van der Waals surface area contributed by atoms with Crippen LogP contribution in [-0.2, 0) is 10.0 Å². The normalized spacial score (nSPS) is 16.4. The minimum absolute atomic E-state index is 0.197. The average Bonchev–Trinajstić information content (AvgIpc) is 3.18. The van der Waals surface area contributed by atoms with E-state index in [9.17, 15) is 17.6 Å². The summed E-state index contributed by atoms with van der Waals surface area (Å²) in [5, 5.41) is 2.82. The minimum atomic E-state index is -3.49. The van der Waals surface area contributed by atoms with E-state index >= 15 is 0 Å². The van der Waals surface area contributed by atoms with Crippen molar-refractivity contribution in [2.24, 2.45) is 0 Å². The first-order valence-corrected chi connectivity index (χ1v) is 9.98. The number of nitrogens with one attached hydrogen (secondary N) is 1. The highest BCUT2D eigenvalue weighted by molar-refractivity contribution is 7.89. The second kappa shape index (κ2) is 7.55. The summed E-state index contributed by atoms with van der Waals surface area (Å²) in [5.41, 5.74) is 1.16. The van der Waals surface area contributed by atoms with Gasteiger partial charge in [0.1, 0.15) is 5.82 Å². The molecular formula is C19H21FN2O3S. The third-order valence-electron chi connectivity index (χ3n) is 4.54. The van der Waals surface area contributed by atoms with Gasteiger partial charge in [0.15, 0.2) is 0 Å². The Bertz CT molecular complexity index is 874. The van der Waals surface area contributed by atoms with Crippen LogP contribution < -0.4 is 5.32 Å². The van der Waals surface area contributed by atoms with Crippen molar-refractivity contribution in [1.82, 2.24) is 9.62 Å². The molecule has 5 nitrogen and oxygen atoms in total. The summed E-state index contributed by atoms with van der Waals surface area (Å²) >= 11 is 0. The zero-order valence-electron chi connectivity index (χ0n) is 14.5. The number of nitrogens with zero attached hydrogens (tertiary/aromatic N) is 1. The maximum absolute atomic E-state index is 13.0. The van der Waals surface area contributed by atoms with Crippen LogP contribution in [0.1, 0.15) is 41.7 Å². The van der Waals surface area contributed by atoms with Crippen molar-refractivity contribution < 1.29 is 17.6 Å². The van der Waals surface area contributed by atoms with Crippen molar-refractivity contribution >= 4 is 15.9 Å². The molecule has 138 valence electrons. The number of benzene rings is 2. The van der Waals surface area contributed by atoms with E-state index in [1.165, 1.54) is 40.7 Å². The molecule has 1 aliphatic heterocycles. The Balaban J connectivity index is 1.69. The lowest BCUT2D eigenvalue weighted by atomic mass is 10.1. The van der Waals surface area contributed by atoms with Crippen LogP contribution >= 0.6 is 0 Å². The number of sulfonamides is 1. The average molecular weight is 376 g/mol. The summed E-state index contributed by atoms with van der Waals surface area (Å²) in [6, 6.07) is 11.6. The fourth-order valence-electron chi connectivity index (χ4n) is 2.97. The number of hydrogen-bond acceptors (Lipinski definition) is 3. The maximum Gasteiger partial charge on any atom is 0.251 e. The molecule has 0 unspecified atom stereocenters. The molecule has 26 heavy (non-hydrogen) atoms. The molecule has 1 fully saturated rings. The lowest BCUT2D eigenvalue weighted by molar-refractivity contribution is 0.0940. The van der Waals surface area contributed by atoms with E-state index in [-0.39, 0.29) is 22.7 Å². The van der Waals surface area contributed by atoms with Crippen LogP contribution in [0.5, 0.6) is 0 Å². The van der Waals surface area contributed by atoms with Crippen LogP contribution in [-0.4, -0.2) is 31.7 Å². The van der Waals surface area contributed by atoms with E-state index in [2.05, 4.69) is 5.32 Å². The van der Waals surface area contributed by atoms with Crippen molar-refractivity contribution in [2.75, 3.05) is 13.1 Å². The van der Waals surface area contributed by atoms with Gasteiger partial charge in [0, 0.05) is 18.7 Å². The molecule has 0 spiro atoms. The molecule has 0 radical (unpaired) electrons. The third kappa shape index (κ3) is 3.94. The van der Waals surface area contributed by atoms with Gasteiger partial charge in [-0.25, -0.2) is 12.8 Å². The van der Waals surface area contributed by atoms with Crippen LogP contribution in [0.15, 0.2) is 53.4 Å². The van der Waals surface area contributed by atoms with E-state index in [1.807, 2.05) is 0 Å². The highest BCUT2D eigenvalue weighted by Gasteiger charge is 2.27. The monoisotopic (exact) mass is 376 g/mol. The van der Waals surface area contributed by atoms with Crippen molar-refractivity contribution in [2.45, 2.75) is 30.7 Å². The second-order valence-electron chi connectivity index (χ2n) is 6.38. The van der Waals surface area contributed by atoms with Crippen LogP contribution in [0.3, 0.4) is 0 Å². The van der Waals surface area contributed by atoms with Gasteiger partial charge in [-0.3, -0.25) is 4.79 Å². The summed E-state index contributed by atoms with van der Waals surface area (Å²) < 4.78 is 39.5. The lowest BCUT2D eigenvalue weighted by Gasteiger charge is -2.16. The van der Waals surface area contributed by atoms with E-state index in [0.717, 1.165) is 18.4 Å². The zero-order chi connectivity index (χ0) is 18.7. The van der Waals surface area contributed by atoms with E-state index < -0.39 is 10.0 Å². The third-order valence-corrected chi connectivity index (χ3v) is 6.45. The van der Waals surface area contributed by atoms with Gasteiger partial charge >= 0.3 is 0 Å². The Kier molecular flexibility index (Phi) is 5.38. The lowest BCUT2D eigenvalue weighted by Crippen LogP contribution is -2.28. The van der Waals surface area contributed by atoms with Crippen LogP contribution in [0.2, 0.25) is 0 Å². The largest absolute Gasteiger partial charge is 0.346 e. The van der Waals surface area contributed by atoms with Crippen LogP contribution in [0.25, 0.3) is 0 Å². The molecule has 3 rings (SSSR count). The van der Waals surface area contributed by atoms with Crippen molar-refractivity contribution in [3.05, 3.63) is 65.5 Å². The SMILES string of the molecule is C[C@H](NC(=O)c1ccc(S(=O)(=O)N2CCCC2)cc1)c1ccc(F)cc1. The van der Waals surface area contributed by atoms with Crippen LogP contribution in [0.4, 0.5) is 4.39 Å². The zero-order valence-corrected chi connectivity index (χ0v) is 15.3. The molecule has 0 aliphatic carbocycles. The van der Waals surface area contributed by atoms with Gasteiger partial charge in [-0.1, -0.05) is 12.1 Å². The summed E-state index contributed by atoms with van der Waals surface area (Å²) in [6.07, 6.45) is 1.75. The molecule has 1 atom stereocenters. The molecule has 0 aromatic heterocycles. The molecule has 2 aromatic rings. The Morgan fingerprint density at radius 3 is 2.19 bits per heavy atom. The van der Waals surface area contributed by atoms with Crippen LogP contribution in [0, 0.1) is 5.82 Å². The van der Waals surface area contributed by atoms with Crippen molar-refractivity contribution in [1.29, 1.82) is 0 Å². The predicted octanol–water partition coefficient (Wildman–Crippen LogP) is 3.10. The Hall–Kier alpha value is -2.25. The molecule has 1 saturated heterocycles. The first kappa shape index (κ1) is 18.5. The first-order valence-electron chi connectivity index (χ1n) is 8.54. The smallest absolute Gasteiger partial charge is 0.251 e. The highest BCUT2D eigenvalue weighted by Crippen LogP contribution is 2.21. The number of rotatable bonds is 5. The number of carbonyl (C=O) groups excluding carboxylic acids is 1. The topological polar surface area (TPSA) is 66.5 Å². The highest BCUT2D eigenvalue weighted by atomic mass is 32.2. The Labute approximate surface area is 152 Å². The minimum Gasteiger partial charge on any atom is -0.346 e. The number of carbonyl (C=O) groups is 1. The molecule has 1 amide bonds. The molecule has 2 aromatic carbocycles. The summed E-state index contributed by atoms with van der Waals surface area (Å²) in [7, 11) is -3.49. The molecule has 1 aliphatic rings. The van der Waals surface area contributed by atoms with Gasteiger partial charge in [0.2, 0.25) is 10.0 Å².